The smallest absolute Gasteiger partial charge is 0.153 e. The van der Waals surface area contributed by atoms with Crippen LogP contribution in [0.1, 0.15) is 22.8 Å². The molecule has 0 spiro atoms. The summed E-state index contributed by atoms with van der Waals surface area (Å²) in [5.74, 6) is 0.282. The lowest BCUT2D eigenvalue weighted by Gasteiger charge is -2.07. The van der Waals surface area contributed by atoms with Gasteiger partial charge in [-0.05, 0) is 33.8 Å². The predicted molar refractivity (Wildman–Crippen MR) is 80.9 cm³/mol. The molecule has 106 valence electrons. The van der Waals surface area contributed by atoms with Crippen molar-refractivity contribution >= 4 is 43.4 Å². The molecular weight excluding hydrogens is 364 g/mol. The molecule has 1 unspecified atom stereocenters. The van der Waals surface area contributed by atoms with Gasteiger partial charge in [0.25, 0.3) is 0 Å². The molecule has 0 bridgehead atoms. The molecule has 0 aromatic carbocycles. The van der Waals surface area contributed by atoms with Gasteiger partial charge in [0.15, 0.2) is 16.1 Å². The molecular formula is C12H11BrN2O3S2. The van der Waals surface area contributed by atoms with Gasteiger partial charge in [-0.1, -0.05) is 0 Å². The molecule has 3 heterocycles. The second-order valence-corrected chi connectivity index (χ2v) is 8.68. The van der Waals surface area contributed by atoms with Crippen molar-refractivity contribution in [3.05, 3.63) is 27.7 Å². The number of hydrogen-bond acceptors (Lipinski definition) is 5. The maximum absolute atomic E-state index is 11.5. The number of thiophene rings is 1. The molecule has 1 atom stereocenters. The number of nitrogens with zero attached hydrogens (tertiary/aromatic N) is 2. The zero-order chi connectivity index (χ0) is 14.3. The molecule has 0 aliphatic carbocycles. The van der Waals surface area contributed by atoms with Crippen LogP contribution in [0, 0.1) is 0 Å². The standard InChI is InChI=1S/C12H11BrN2O3S2/c13-10-1-3-19-12(10)11-8(6-16)5-15(14-11)9-2-4-20(17,18)7-9/h1,3,5-6,9H,2,4,7H2. The average molecular weight is 375 g/mol. The first kappa shape index (κ1) is 14.0. The quantitative estimate of drug-likeness (QED) is 0.774. The van der Waals surface area contributed by atoms with Gasteiger partial charge in [0.2, 0.25) is 0 Å². The molecule has 1 aliphatic rings. The van der Waals surface area contributed by atoms with Crippen LogP contribution >= 0.6 is 27.3 Å². The van der Waals surface area contributed by atoms with Gasteiger partial charge < -0.3 is 0 Å². The number of aldehydes is 1. The minimum Gasteiger partial charge on any atom is -0.298 e. The van der Waals surface area contributed by atoms with Crippen LogP contribution in [0.2, 0.25) is 0 Å². The van der Waals surface area contributed by atoms with Crippen molar-refractivity contribution < 1.29 is 13.2 Å². The minimum atomic E-state index is -2.97. The molecule has 5 nitrogen and oxygen atoms in total. The first-order chi connectivity index (χ1) is 9.50. The van der Waals surface area contributed by atoms with Crippen molar-refractivity contribution in [2.75, 3.05) is 11.5 Å². The first-order valence-corrected chi connectivity index (χ1v) is 9.48. The lowest BCUT2D eigenvalue weighted by atomic mass is 10.2. The monoisotopic (exact) mass is 374 g/mol. The Kier molecular flexibility index (Phi) is 3.55. The minimum absolute atomic E-state index is 0.0953. The molecule has 2 aromatic rings. The molecule has 0 amide bonds. The fourth-order valence-electron chi connectivity index (χ4n) is 2.30. The molecule has 1 aliphatic heterocycles. The Morgan fingerprint density at radius 3 is 2.85 bits per heavy atom. The average Bonchev–Trinajstić information content (AvgIpc) is 3.06. The van der Waals surface area contributed by atoms with Gasteiger partial charge in [-0.3, -0.25) is 9.48 Å². The number of halogens is 1. The van der Waals surface area contributed by atoms with Gasteiger partial charge in [0.1, 0.15) is 5.69 Å². The van der Waals surface area contributed by atoms with E-state index < -0.39 is 9.84 Å². The summed E-state index contributed by atoms with van der Waals surface area (Å²) in [6.45, 7) is 0. The fraction of sp³-hybridized carbons (Fsp3) is 0.333. The highest BCUT2D eigenvalue weighted by Crippen LogP contribution is 2.35. The Bertz CT molecular complexity index is 764. The second kappa shape index (κ2) is 5.09. The van der Waals surface area contributed by atoms with E-state index in [4.69, 9.17) is 0 Å². The summed E-state index contributed by atoms with van der Waals surface area (Å²) in [6.07, 6.45) is 2.95. The summed E-state index contributed by atoms with van der Waals surface area (Å²) in [5.41, 5.74) is 1.09. The van der Waals surface area contributed by atoms with Crippen molar-refractivity contribution in [2.45, 2.75) is 12.5 Å². The molecule has 0 saturated carbocycles. The van der Waals surface area contributed by atoms with E-state index in [0.29, 0.717) is 17.7 Å². The third-order valence-corrected chi connectivity index (χ3v) is 6.90. The molecule has 1 saturated heterocycles. The van der Waals surface area contributed by atoms with E-state index in [9.17, 15) is 13.2 Å². The zero-order valence-corrected chi connectivity index (χ0v) is 13.5. The Labute approximate surface area is 128 Å². The van der Waals surface area contributed by atoms with Crippen LogP contribution in [0.5, 0.6) is 0 Å². The molecule has 0 N–H and O–H groups in total. The van der Waals surface area contributed by atoms with Crippen molar-refractivity contribution in [3.8, 4) is 10.6 Å². The van der Waals surface area contributed by atoms with Gasteiger partial charge in [-0.25, -0.2) is 8.42 Å². The van der Waals surface area contributed by atoms with E-state index in [1.807, 2.05) is 11.4 Å². The van der Waals surface area contributed by atoms with Crippen LogP contribution in [0.25, 0.3) is 10.6 Å². The fourth-order valence-corrected chi connectivity index (χ4v) is 5.57. The molecule has 20 heavy (non-hydrogen) atoms. The van der Waals surface area contributed by atoms with Crippen LogP contribution in [-0.4, -0.2) is 36.0 Å². The van der Waals surface area contributed by atoms with Crippen LogP contribution in [-0.2, 0) is 9.84 Å². The number of carbonyl (C=O) groups is 1. The summed E-state index contributed by atoms with van der Waals surface area (Å²) in [4.78, 5) is 12.1. The summed E-state index contributed by atoms with van der Waals surface area (Å²) in [5, 5.41) is 6.34. The number of rotatable bonds is 3. The molecule has 0 radical (unpaired) electrons. The third-order valence-electron chi connectivity index (χ3n) is 3.30. The molecule has 1 fully saturated rings. The first-order valence-electron chi connectivity index (χ1n) is 5.98. The van der Waals surface area contributed by atoms with E-state index in [0.717, 1.165) is 15.6 Å². The lowest BCUT2D eigenvalue weighted by molar-refractivity contribution is 0.112. The zero-order valence-electron chi connectivity index (χ0n) is 10.3. The van der Waals surface area contributed by atoms with Gasteiger partial charge in [-0.15, -0.1) is 11.3 Å². The van der Waals surface area contributed by atoms with Crippen molar-refractivity contribution in [3.63, 3.8) is 0 Å². The number of aromatic nitrogens is 2. The van der Waals surface area contributed by atoms with E-state index in [1.165, 1.54) is 11.3 Å². The highest BCUT2D eigenvalue weighted by atomic mass is 79.9. The molecule has 3 rings (SSSR count). The summed E-state index contributed by atoms with van der Waals surface area (Å²) in [7, 11) is -2.97. The van der Waals surface area contributed by atoms with Crippen LogP contribution in [0.15, 0.2) is 22.1 Å². The molecule has 2 aromatic heterocycles. The Balaban J connectivity index is 2.02. The van der Waals surface area contributed by atoms with Gasteiger partial charge in [-0.2, -0.15) is 5.10 Å². The van der Waals surface area contributed by atoms with E-state index in [1.54, 1.807) is 10.9 Å². The van der Waals surface area contributed by atoms with Gasteiger partial charge in [0.05, 0.1) is 28.0 Å². The summed E-state index contributed by atoms with van der Waals surface area (Å²) >= 11 is 4.91. The van der Waals surface area contributed by atoms with Gasteiger partial charge in [0, 0.05) is 10.7 Å². The topological polar surface area (TPSA) is 69.0 Å². The highest BCUT2D eigenvalue weighted by molar-refractivity contribution is 9.10. The lowest BCUT2D eigenvalue weighted by Crippen LogP contribution is -2.11. The number of sulfone groups is 1. The number of carbonyl (C=O) groups excluding carboxylic acids is 1. The Morgan fingerprint density at radius 1 is 1.50 bits per heavy atom. The maximum Gasteiger partial charge on any atom is 0.153 e. The van der Waals surface area contributed by atoms with Crippen LogP contribution in [0.4, 0.5) is 0 Å². The third kappa shape index (κ3) is 2.47. The van der Waals surface area contributed by atoms with Crippen LogP contribution in [0.3, 0.4) is 0 Å². The Hall–Kier alpha value is -0.990. The summed E-state index contributed by atoms with van der Waals surface area (Å²) in [6, 6.07) is 1.72. The maximum atomic E-state index is 11.5. The second-order valence-electron chi connectivity index (χ2n) is 4.69. The Morgan fingerprint density at radius 2 is 2.30 bits per heavy atom. The van der Waals surface area contributed by atoms with Crippen molar-refractivity contribution in [1.82, 2.24) is 9.78 Å². The van der Waals surface area contributed by atoms with Crippen molar-refractivity contribution in [1.29, 1.82) is 0 Å². The normalized spacial score (nSPS) is 21.1. The van der Waals surface area contributed by atoms with Crippen LogP contribution < -0.4 is 0 Å². The highest BCUT2D eigenvalue weighted by Gasteiger charge is 2.30. The van der Waals surface area contributed by atoms with E-state index in [-0.39, 0.29) is 17.5 Å². The predicted octanol–water partition coefficient (Wildman–Crippen LogP) is 2.55. The SMILES string of the molecule is O=Cc1cn(C2CCS(=O)(=O)C2)nc1-c1sccc1Br. The van der Waals surface area contributed by atoms with E-state index in [2.05, 4.69) is 21.0 Å². The van der Waals surface area contributed by atoms with Crippen molar-refractivity contribution in [2.24, 2.45) is 0 Å². The largest absolute Gasteiger partial charge is 0.298 e. The van der Waals surface area contributed by atoms with Gasteiger partial charge >= 0.3 is 0 Å². The molecule has 8 heteroatoms. The number of hydrogen-bond donors (Lipinski definition) is 0. The summed E-state index contributed by atoms with van der Waals surface area (Å²) < 4.78 is 25.6. The van der Waals surface area contributed by atoms with E-state index >= 15 is 0 Å².